The van der Waals surface area contributed by atoms with Crippen LogP contribution in [0, 0.1) is 12.7 Å². The van der Waals surface area contributed by atoms with Crippen LogP contribution >= 0.6 is 0 Å². The van der Waals surface area contributed by atoms with E-state index in [0.29, 0.717) is 0 Å². The number of carbonyl (C=O) groups is 2. The van der Waals surface area contributed by atoms with Gasteiger partial charge >= 0.3 is 0 Å². The van der Waals surface area contributed by atoms with Crippen molar-refractivity contribution in [2.75, 3.05) is 13.1 Å². The average Bonchev–Trinajstić information content (AvgIpc) is 2.80. The Morgan fingerprint density at radius 1 is 1.20 bits per heavy atom. The van der Waals surface area contributed by atoms with Crippen LogP contribution in [0.15, 0.2) is 41.4 Å². The molecular formula is C16H14FN3O4S. The van der Waals surface area contributed by atoms with Gasteiger partial charge in [-0.05, 0) is 42.8 Å². The number of carbonyl (C=O) groups excluding carboxylic acids is 2. The van der Waals surface area contributed by atoms with E-state index in [0.717, 1.165) is 17.0 Å². The number of halogens is 1. The van der Waals surface area contributed by atoms with Crippen LogP contribution < -0.4 is 4.72 Å². The molecule has 130 valence electrons. The van der Waals surface area contributed by atoms with E-state index < -0.39 is 27.7 Å². The Morgan fingerprint density at radius 3 is 2.64 bits per heavy atom. The molecule has 2 amide bonds. The third-order valence-corrected chi connectivity index (χ3v) is 5.41. The zero-order chi connectivity index (χ0) is 18.2. The summed E-state index contributed by atoms with van der Waals surface area (Å²) in [6.07, 6.45) is 1.41. The van der Waals surface area contributed by atoms with Gasteiger partial charge < -0.3 is 0 Å². The molecule has 0 saturated heterocycles. The Kier molecular flexibility index (Phi) is 4.36. The largest absolute Gasteiger partial charge is 0.280 e. The van der Waals surface area contributed by atoms with Crippen LogP contribution in [0.4, 0.5) is 4.39 Å². The maximum atomic E-state index is 13.1. The Hall–Kier alpha value is -2.65. The quantitative estimate of drug-likeness (QED) is 0.803. The summed E-state index contributed by atoms with van der Waals surface area (Å²) >= 11 is 0. The van der Waals surface area contributed by atoms with Crippen molar-refractivity contribution in [2.24, 2.45) is 0 Å². The van der Waals surface area contributed by atoms with Crippen molar-refractivity contribution in [2.45, 2.75) is 11.8 Å². The molecule has 0 bridgehead atoms. The molecule has 1 aromatic carbocycles. The minimum atomic E-state index is -3.88. The van der Waals surface area contributed by atoms with E-state index in [1.807, 2.05) is 0 Å². The first-order chi connectivity index (χ1) is 11.8. The molecule has 1 aliphatic heterocycles. The Morgan fingerprint density at radius 2 is 1.96 bits per heavy atom. The third-order valence-electron chi connectivity index (χ3n) is 3.78. The van der Waals surface area contributed by atoms with Gasteiger partial charge in [0.1, 0.15) is 11.5 Å². The summed E-state index contributed by atoms with van der Waals surface area (Å²) in [5.74, 6) is -1.60. The second-order valence-electron chi connectivity index (χ2n) is 5.47. The lowest BCUT2D eigenvalue weighted by Gasteiger charge is -2.14. The van der Waals surface area contributed by atoms with Crippen LogP contribution in [0.5, 0.6) is 0 Å². The van der Waals surface area contributed by atoms with Gasteiger partial charge in [-0.1, -0.05) is 0 Å². The summed E-state index contributed by atoms with van der Waals surface area (Å²) in [7, 11) is -3.88. The number of amides is 2. The van der Waals surface area contributed by atoms with Gasteiger partial charge in [0.15, 0.2) is 0 Å². The number of nitrogens with zero attached hydrogens (tertiary/aromatic N) is 2. The molecule has 7 nitrogen and oxygen atoms in total. The van der Waals surface area contributed by atoms with E-state index in [4.69, 9.17) is 0 Å². The zero-order valence-electron chi connectivity index (χ0n) is 13.2. The number of rotatable bonds is 5. The van der Waals surface area contributed by atoms with E-state index in [1.54, 1.807) is 6.07 Å². The van der Waals surface area contributed by atoms with Crippen LogP contribution in [0.1, 0.15) is 26.4 Å². The summed E-state index contributed by atoms with van der Waals surface area (Å²) in [5, 5.41) is 0. The molecule has 0 unspecified atom stereocenters. The summed E-state index contributed by atoms with van der Waals surface area (Å²) in [6.45, 7) is 1.19. The van der Waals surface area contributed by atoms with Gasteiger partial charge in [0.25, 0.3) is 11.8 Å². The molecule has 1 aromatic heterocycles. The van der Waals surface area contributed by atoms with E-state index in [1.165, 1.54) is 25.3 Å². The fourth-order valence-corrected chi connectivity index (χ4v) is 3.85. The van der Waals surface area contributed by atoms with Crippen LogP contribution in [0.2, 0.25) is 0 Å². The van der Waals surface area contributed by atoms with Crippen LogP contribution in [-0.2, 0) is 10.0 Å². The van der Waals surface area contributed by atoms with E-state index in [2.05, 4.69) is 9.71 Å². The Labute approximate surface area is 143 Å². The number of aryl methyl sites for hydroxylation is 1. The molecule has 0 saturated carbocycles. The number of pyridine rings is 1. The molecule has 1 N–H and O–H groups in total. The highest BCUT2D eigenvalue weighted by molar-refractivity contribution is 7.89. The second kappa shape index (κ2) is 6.34. The number of nitrogens with one attached hydrogen (secondary N) is 1. The molecule has 0 aliphatic carbocycles. The van der Waals surface area contributed by atoms with Crippen molar-refractivity contribution in [3.8, 4) is 0 Å². The summed E-state index contributed by atoms with van der Waals surface area (Å²) in [5.41, 5.74) is 0.520. The molecule has 25 heavy (non-hydrogen) atoms. The van der Waals surface area contributed by atoms with Crippen molar-refractivity contribution in [3.63, 3.8) is 0 Å². The van der Waals surface area contributed by atoms with E-state index in [9.17, 15) is 22.4 Å². The maximum absolute atomic E-state index is 13.1. The summed E-state index contributed by atoms with van der Waals surface area (Å²) < 4.78 is 40.0. The Balaban J connectivity index is 1.69. The Bertz CT molecular complexity index is 940. The van der Waals surface area contributed by atoms with E-state index in [-0.39, 0.29) is 34.8 Å². The van der Waals surface area contributed by atoms with Gasteiger partial charge in [-0.3, -0.25) is 19.5 Å². The van der Waals surface area contributed by atoms with Gasteiger partial charge in [-0.2, -0.15) is 0 Å². The first-order valence-electron chi connectivity index (χ1n) is 7.38. The fraction of sp³-hybridized carbons (Fsp3) is 0.188. The molecule has 3 rings (SSSR count). The highest BCUT2D eigenvalue weighted by Gasteiger charge is 2.36. The second-order valence-corrected chi connectivity index (χ2v) is 7.20. The highest BCUT2D eigenvalue weighted by Crippen LogP contribution is 2.20. The lowest BCUT2D eigenvalue weighted by atomic mass is 10.2. The molecule has 2 heterocycles. The smallest absolute Gasteiger partial charge is 0.272 e. The highest BCUT2D eigenvalue weighted by atomic mass is 32.2. The number of sulfonamides is 1. The molecule has 0 atom stereocenters. The number of aromatic nitrogens is 1. The normalized spacial score (nSPS) is 14.1. The molecule has 0 radical (unpaired) electrons. The summed E-state index contributed by atoms with van der Waals surface area (Å²) in [4.78, 5) is 29.1. The standard InChI is InChI=1S/C16H14FN3O4S/c1-10-9-11(17)4-5-13(10)25(23,24)19-7-8-20-15(21)12-3-2-6-18-14(12)16(20)22/h2-6,9,19H,7-8H2,1H3. The first kappa shape index (κ1) is 17.2. The van der Waals surface area contributed by atoms with Gasteiger partial charge in [-0.15, -0.1) is 0 Å². The van der Waals surface area contributed by atoms with Gasteiger partial charge in [0, 0.05) is 19.3 Å². The predicted molar refractivity (Wildman–Crippen MR) is 85.9 cm³/mol. The number of benzene rings is 1. The minimum Gasteiger partial charge on any atom is -0.272 e. The zero-order valence-corrected chi connectivity index (χ0v) is 14.0. The van der Waals surface area contributed by atoms with Crippen molar-refractivity contribution >= 4 is 21.8 Å². The van der Waals surface area contributed by atoms with Gasteiger partial charge in [0.2, 0.25) is 10.0 Å². The molecule has 2 aromatic rings. The number of imide groups is 1. The van der Waals surface area contributed by atoms with Crippen molar-refractivity contribution in [1.29, 1.82) is 0 Å². The number of hydrogen-bond donors (Lipinski definition) is 1. The molecule has 0 fully saturated rings. The molecular weight excluding hydrogens is 349 g/mol. The lowest BCUT2D eigenvalue weighted by Crippen LogP contribution is -2.38. The molecule has 1 aliphatic rings. The van der Waals surface area contributed by atoms with Crippen molar-refractivity contribution in [1.82, 2.24) is 14.6 Å². The average molecular weight is 363 g/mol. The van der Waals surface area contributed by atoms with Crippen LogP contribution in [-0.4, -0.2) is 43.2 Å². The number of hydrogen-bond acceptors (Lipinski definition) is 5. The predicted octanol–water partition coefficient (Wildman–Crippen LogP) is 1.10. The lowest BCUT2D eigenvalue weighted by molar-refractivity contribution is 0.0655. The SMILES string of the molecule is Cc1cc(F)ccc1S(=O)(=O)NCCN1C(=O)c2cccnc2C1=O. The van der Waals surface area contributed by atoms with Crippen LogP contribution in [0.25, 0.3) is 0 Å². The molecule has 0 spiro atoms. The summed E-state index contributed by atoms with van der Waals surface area (Å²) in [6, 6.07) is 6.38. The van der Waals surface area contributed by atoms with E-state index >= 15 is 0 Å². The van der Waals surface area contributed by atoms with Crippen molar-refractivity contribution < 1.29 is 22.4 Å². The maximum Gasteiger partial charge on any atom is 0.280 e. The monoisotopic (exact) mass is 363 g/mol. The van der Waals surface area contributed by atoms with Gasteiger partial charge in [-0.25, -0.2) is 17.5 Å². The first-order valence-corrected chi connectivity index (χ1v) is 8.86. The van der Waals surface area contributed by atoms with Crippen LogP contribution in [0.3, 0.4) is 0 Å². The topological polar surface area (TPSA) is 96.4 Å². The van der Waals surface area contributed by atoms with Crippen molar-refractivity contribution in [3.05, 3.63) is 59.2 Å². The minimum absolute atomic E-state index is 0.0575. The third kappa shape index (κ3) is 3.15. The number of fused-ring (bicyclic) bond motifs is 1. The molecule has 9 heteroatoms. The van der Waals surface area contributed by atoms with Gasteiger partial charge in [0.05, 0.1) is 10.5 Å². The fourth-order valence-electron chi connectivity index (χ4n) is 2.60.